The molecule has 0 saturated carbocycles. The van der Waals surface area contributed by atoms with Gasteiger partial charge in [-0.05, 0) is 61.5 Å². The van der Waals surface area contributed by atoms with Crippen molar-refractivity contribution in [1.29, 1.82) is 0 Å². The fourth-order valence-corrected chi connectivity index (χ4v) is 3.34. The van der Waals surface area contributed by atoms with Crippen LogP contribution < -0.4 is 5.32 Å². The molecule has 1 N–H and O–H groups in total. The van der Waals surface area contributed by atoms with Crippen LogP contribution in [0.5, 0.6) is 0 Å². The first-order chi connectivity index (χ1) is 8.88. The minimum absolute atomic E-state index is 0.197. The van der Waals surface area contributed by atoms with Gasteiger partial charge in [-0.2, -0.15) is 0 Å². The molecule has 0 radical (unpaired) electrons. The maximum absolute atomic E-state index is 3.62. The SMILES string of the molecule is CC(CNC(C)(C)C)C(C)c1cccc2ccsc12. The molecule has 19 heavy (non-hydrogen) atoms. The largest absolute Gasteiger partial charge is 0.312 e. The lowest BCUT2D eigenvalue weighted by Gasteiger charge is -2.27. The number of thiophene rings is 1. The van der Waals surface area contributed by atoms with Crippen LogP contribution in [0.15, 0.2) is 29.6 Å². The number of fused-ring (bicyclic) bond motifs is 1. The molecule has 0 spiro atoms. The lowest BCUT2D eigenvalue weighted by molar-refractivity contribution is 0.360. The molecular formula is C17H25NS. The van der Waals surface area contributed by atoms with E-state index in [4.69, 9.17) is 0 Å². The van der Waals surface area contributed by atoms with Gasteiger partial charge in [0.25, 0.3) is 0 Å². The van der Waals surface area contributed by atoms with Crippen LogP contribution in [-0.2, 0) is 0 Å². The highest BCUT2D eigenvalue weighted by Gasteiger charge is 2.19. The van der Waals surface area contributed by atoms with Gasteiger partial charge in [0.05, 0.1) is 0 Å². The highest BCUT2D eigenvalue weighted by atomic mass is 32.1. The molecule has 0 saturated heterocycles. The van der Waals surface area contributed by atoms with Gasteiger partial charge in [-0.15, -0.1) is 11.3 Å². The maximum Gasteiger partial charge on any atom is 0.0377 e. The summed E-state index contributed by atoms with van der Waals surface area (Å²) in [6.07, 6.45) is 0. The van der Waals surface area contributed by atoms with Crippen LogP contribution in [0, 0.1) is 5.92 Å². The van der Waals surface area contributed by atoms with E-state index >= 15 is 0 Å². The molecule has 0 aliphatic heterocycles. The summed E-state index contributed by atoms with van der Waals surface area (Å²) in [4.78, 5) is 0. The van der Waals surface area contributed by atoms with E-state index in [1.165, 1.54) is 15.6 Å². The van der Waals surface area contributed by atoms with Gasteiger partial charge >= 0.3 is 0 Å². The predicted octanol–water partition coefficient (Wildman–Crippen LogP) is 5.03. The van der Waals surface area contributed by atoms with E-state index in [0.29, 0.717) is 11.8 Å². The molecule has 1 aromatic heterocycles. The molecule has 0 amide bonds. The maximum atomic E-state index is 3.62. The van der Waals surface area contributed by atoms with E-state index in [0.717, 1.165) is 6.54 Å². The second-order valence-electron chi connectivity index (χ2n) is 6.58. The van der Waals surface area contributed by atoms with E-state index < -0.39 is 0 Å². The number of hydrogen-bond donors (Lipinski definition) is 1. The molecule has 2 rings (SSSR count). The zero-order chi connectivity index (χ0) is 14.0. The summed E-state index contributed by atoms with van der Waals surface area (Å²) in [7, 11) is 0. The molecule has 2 aromatic rings. The Bertz CT molecular complexity index is 535. The van der Waals surface area contributed by atoms with Crippen molar-refractivity contribution >= 4 is 21.4 Å². The molecule has 0 aliphatic carbocycles. The Balaban J connectivity index is 2.14. The van der Waals surface area contributed by atoms with E-state index in [9.17, 15) is 0 Å². The summed E-state index contributed by atoms with van der Waals surface area (Å²) in [5.41, 5.74) is 1.69. The van der Waals surface area contributed by atoms with E-state index in [2.05, 4.69) is 69.6 Å². The second kappa shape index (κ2) is 5.64. The average molecular weight is 275 g/mol. The van der Waals surface area contributed by atoms with Gasteiger partial charge in [0.2, 0.25) is 0 Å². The van der Waals surface area contributed by atoms with Crippen molar-refractivity contribution < 1.29 is 0 Å². The van der Waals surface area contributed by atoms with Crippen LogP contribution >= 0.6 is 11.3 Å². The van der Waals surface area contributed by atoms with E-state index in [1.807, 2.05) is 11.3 Å². The standard InChI is InChI=1S/C17H25NS/c1-12(11-18-17(3,4)5)13(2)15-8-6-7-14-9-10-19-16(14)15/h6-10,12-13,18H,11H2,1-5H3. The zero-order valence-corrected chi connectivity index (χ0v) is 13.5. The zero-order valence-electron chi connectivity index (χ0n) is 12.7. The van der Waals surface area contributed by atoms with Crippen LogP contribution in [0.1, 0.15) is 46.1 Å². The first-order valence-electron chi connectivity index (χ1n) is 7.09. The van der Waals surface area contributed by atoms with Crippen molar-refractivity contribution in [2.75, 3.05) is 6.54 Å². The van der Waals surface area contributed by atoms with E-state index in [-0.39, 0.29) is 5.54 Å². The summed E-state index contributed by atoms with van der Waals surface area (Å²) in [5, 5.41) is 7.19. The Hall–Kier alpha value is -0.860. The smallest absolute Gasteiger partial charge is 0.0377 e. The minimum atomic E-state index is 0.197. The molecule has 0 fully saturated rings. The van der Waals surface area contributed by atoms with Gasteiger partial charge in [-0.3, -0.25) is 0 Å². The summed E-state index contributed by atoms with van der Waals surface area (Å²) in [6.45, 7) is 12.4. The van der Waals surface area contributed by atoms with Gasteiger partial charge in [-0.1, -0.05) is 32.0 Å². The van der Waals surface area contributed by atoms with Crippen LogP contribution in [0.3, 0.4) is 0 Å². The Morgan fingerprint density at radius 3 is 2.58 bits per heavy atom. The lowest BCUT2D eigenvalue weighted by atomic mass is 9.88. The van der Waals surface area contributed by atoms with Crippen molar-refractivity contribution in [2.45, 2.75) is 46.1 Å². The summed E-state index contributed by atoms with van der Waals surface area (Å²) in [6, 6.07) is 8.90. The van der Waals surface area contributed by atoms with Crippen molar-refractivity contribution in [1.82, 2.24) is 5.32 Å². The molecular weight excluding hydrogens is 250 g/mol. The molecule has 1 aromatic carbocycles. The molecule has 2 atom stereocenters. The summed E-state index contributed by atoms with van der Waals surface area (Å²) < 4.78 is 1.46. The van der Waals surface area contributed by atoms with Crippen LogP contribution in [0.4, 0.5) is 0 Å². The average Bonchev–Trinajstić information content (AvgIpc) is 2.82. The lowest BCUT2D eigenvalue weighted by Crippen LogP contribution is -2.39. The van der Waals surface area contributed by atoms with E-state index in [1.54, 1.807) is 0 Å². The molecule has 0 bridgehead atoms. The monoisotopic (exact) mass is 275 g/mol. The van der Waals surface area contributed by atoms with Gasteiger partial charge in [0, 0.05) is 10.2 Å². The summed E-state index contributed by atoms with van der Waals surface area (Å²) in [5.74, 6) is 1.21. The highest BCUT2D eigenvalue weighted by Crippen LogP contribution is 2.33. The van der Waals surface area contributed by atoms with Crippen molar-refractivity contribution in [3.8, 4) is 0 Å². The Labute approximate surface area is 121 Å². The topological polar surface area (TPSA) is 12.0 Å². The van der Waals surface area contributed by atoms with Crippen LogP contribution in [0.2, 0.25) is 0 Å². The Morgan fingerprint density at radius 1 is 1.16 bits per heavy atom. The first kappa shape index (κ1) is 14.5. The minimum Gasteiger partial charge on any atom is -0.312 e. The van der Waals surface area contributed by atoms with Crippen LogP contribution in [0.25, 0.3) is 10.1 Å². The Morgan fingerprint density at radius 2 is 1.89 bits per heavy atom. The Kier molecular flexibility index (Phi) is 4.32. The third-order valence-electron chi connectivity index (χ3n) is 3.81. The van der Waals surface area contributed by atoms with Gasteiger partial charge in [-0.25, -0.2) is 0 Å². The molecule has 104 valence electrons. The van der Waals surface area contributed by atoms with Crippen molar-refractivity contribution in [3.05, 3.63) is 35.2 Å². The number of nitrogens with one attached hydrogen (secondary N) is 1. The quantitative estimate of drug-likeness (QED) is 0.825. The summed E-state index contributed by atoms with van der Waals surface area (Å²) >= 11 is 1.86. The normalized spacial score (nSPS) is 15.6. The number of benzene rings is 1. The second-order valence-corrected chi connectivity index (χ2v) is 7.50. The van der Waals surface area contributed by atoms with Crippen molar-refractivity contribution in [2.24, 2.45) is 5.92 Å². The number of hydrogen-bond acceptors (Lipinski definition) is 2. The molecule has 1 heterocycles. The third kappa shape index (κ3) is 3.58. The first-order valence-corrected chi connectivity index (χ1v) is 7.97. The number of rotatable bonds is 4. The van der Waals surface area contributed by atoms with Gasteiger partial charge in [0.1, 0.15) is 0 Å². The molecule has 2 heteroatoms. The fraction of sp³-hybridized carbons (Fsp3) is 0.529. The third-order valence-corrected chi connectivity index (χ3v) is 4.79. The highest BCUT2D eigenvalue weighted by molar-refractivity contribution is 7.17. The van der Waals surface area contributed by atoms with Gasteiger partial charge in [0.15, 0.2) is 0 Å². The fourth-order valence-electron chi connectivity index (χ4n) is 2.33. The molecule has 2 unspecified atom stereocenters. The van der Waals surface area contributed by atoms with Crippen LogP contribution in [-0.4, -0.2) is 12.1 Å². The molecule has 1 nitrogen and oxygen atoms in total. The van der Waals surface area contributed by atoms with Gasteiger partial charge < -0.3 is 5.32 Å². The predicted molar refractivity (Wildman–Crippen MR) is 87.2 cm³/mol. The molecule has 0 aliphatic rings. The van der Waals surface area contributed by atoms with Crippen molar-refractivity contribution in [3.63, 3.8) is 0 Å².